The number of methoxy groups -OCH3 is 1. The Morgan fingerprint density at radius 3 is 2.52 bits per heavy atom. The summed E-state index contributed by atoms with van der Waals surface area (Å²) in [7, 11) is 1.72. The van der Waals surface area contributed by atoms with E-state index in [0.717, 1.165) is 57.2 Å². The zero-order valence-electron chi connectivity index (χ0n) is 16.3. The minimum atomic E-state index is 0.101. The van der Waals surface area contributed by atoms with Crippen LogP contribution in [0.5, 0.6) is 5.75 Å². The second-order valence-electron chi connectivity index (χ2n) is 8.07. The fourth-order valence-corrected chi connectivity index (χ4v) is 4.61. The average molecular weight is 367 g/mol. The molecule has 2 saturated heterocycles. The van der Waals surface area contributed by atoms with Gasteiger partial charge in [0.25, 0.3) is 0 Å². The van der Waals surface area contributed by atoms with Crippen molar-refractivity contribution in [3.8, 4) is 5.75 Å². The first-order valence-electron chi connectivity index (χ1n) is 10.1. The lowest BCUT2D eigenvalue weighted by molar-refractivity contribution is -0.127. The summed E-state index contributed by atoms with van der Waals surface area (Å²) in [5.41, 5.74) is 2.86. The highest BCUT2D eigenvalue weighted by atomic mass is 16.5. The van der Waals surface area contributed by atoms with Gasteiger partial charge >= 0.3 is 0 Å². The fourth-order valence-electron chi connectivity index (χ4n) is 4.61. The number of pyridine rings is 1. The molecule has 0 bridgehead atoms. The third kappa shape index (κ3) is 4.69. The van der Waals surface area contributed by atoms with Crippen molar-refractivity contribution in [1.82, 2.24) is 9.88 Å². The van der Waals surface area contributed by atoms with E-state index in [-0.39, 0.29) is 5.60 Å². The standard InChI is InChI=1S/C23H30N2O2/c1-26-22-4-2-19(3-5-22)16-21-8-15-27-23(17-21)9-13-25(14-10-23)18-20-6-11-24-12-7-20/h2-7,11-12,21H,8-10,13-18H2,1H3. The van der Waals surface area contributed by atoms with E-state index in [2.05, 4.69) is 46.3 Å². The third-order valence-corrected chi connectivity index (χ3v) is 6.20. The summed E-state index contributed by atoms with van der Waals surface area (Å²) in [6, 6.07) is 12.8. The van der Waals surface area contributed by atoms with E-state index in [1.165, 1.54) is 24.0 Å². The number of piperidine rings is 1. The topological polar surface area (TPSA) is 34.6 Å². The number of aromatic nitrogens is 1. The predicted molar refractivity (Wildman–Crippen MR) is 107 cm³/mol. The van der Waals surface area contributed by atoms with Gasteiger partial charge in [0.1, 0.15) is 5.75 Å². The number of nitrogens with zero attached hydrogens (tertiary/aromatic N) is 2. The molecule has 2 fully saturated rings. The summed E-state index contributed by atoms with van der Waals surface area (Å²) in [5.74, 6) is 1.66. The maximum atomic E-state index is 6.35. The molecule has 1 aromatic heterocycles. The van der Waals surface area contributed by atoms with Crippen LogP contribution in [0.2, 0.25) is 0 Å². The van der Waals surface area contributed by atoms with Crippen molar-refractivity contribution < 1.29 is 9.47 Å². The highest BCUT2D eigenvalue weighted by Gasteiger charge is 2.40. The van der Waals surface area contributed by atoms with E-state index in [9.17, 15) is 0 Å². The van der Waals surface area contributed by atoms with E-state index in [1.54, 1.807) is 7.11 Å². The smallest absolute Gasteiger partial charge is 0.118 e. The second kappa shape index (κ2) is 8.41. The van der Waals surface area contributed by atoms with Crippen molar-refractivity contribution in [2.75, 3.05) is 26.8 Å². The summed E-state index contributed by atoms with van der Waals surface area (Å²) in [4.78, 5) is 6.67. The molecule has 0 saturated carbocycles. The molecule has 4 heteroatoms. The molecular weight excluding hydrogens is 336 g/mol. The summed E-state index contributed by atoms with van der Waals surface area (Å²) in [6.45, 7) is 4.17. The van der Waals surface area contributed by atoms with Crippen LogP contribution in [0.3, 0.4) is 0 Å². The van der Waals surface area contributed by atoms with Crippen molar-refractivity contribution in [1.29, 1.82) is 0 Å². The molecule has 4 rings (SSSR count). The molecule has 0 amide bonds. The van der Waals surface area contributed by atoms with Gasteiger partial charge in [-0.3, -0.25) is 9.88 Å². The van der Waals surface area contributed by atoms with Crippen LogP contribution in [-0.2, 0) is 17.7 Å². The lowest BCUT2D eigenvalue weighted by Crippen LogP contribution is -2.49. The lowest BCUT2D eigenvalue weighted by atomic mass is 9.77. The molecule has 1 unspecified atom stereocenters. The fraction of sp³-hybridized carbons (Fsp3) is 0.522. The molecule has 2 aliphatic heterocycles. The van der Waals surface area contributed by atoms with E-state index >= 15 is 0 Å². The van der Waals surface area contributed by atoms with Gasteiger partial charge in [0.05, 0.1) is 12.7 Å². The largest absolute Gasteiger partial charge is 0.497 e. The first-order valence-corrected chi connectivity index (χ1v) is 10.1. The summed E-state index contributed by atoms with van der Waals surface area (Å²) in [5, 5.41) is 0. The van der Waals surface area contributed by atoms with Gasteiger partial charge in [0.2, 0.25) is 0 Å². The first-order chi connectivity index (χ1) is 13.2. The zero-order valence-corrected chi connectivity index (χ0v) is 16.3. The van der Waals surface area contributed by atoms with Gasteiger partial charge in [-0.15, -0.1) is 0 Å². The number of likely N-dealkylation sites (tertiary alicyclic amines) is 1. The van der Waals surface area contributed by atoms with Crippen molar-refractivity contribution in [3.05, 3.63) is 59.9 Å². The number of benzene rings is 1. The Labute approximate surface area is 162 Å². The van der Waals surface area contributed by atoms with Crippen molar-refractivity contribution in [2.24, 2.45) is 5.92 Å². The second-order valence-corrected chi connectivity index (χ2v) is 8.07. The van der Waals surface area contributed by atoms with E-state index < -0.39 is 0 Å². The highest BCUT2D eigenvalue weighted by molar-refractivity contribution is 5.27. The number of rotatable bonds is 5. The summed E-state index contributed by atoms with van der Waals surface area (Å²) < 4.78 is 11.6. The molecule has 2 aromatic rings. The van der Waals surface area contributed by atoms with Crippen LogP contribution in [-0.4, -0.2) is 42.3 Å². The van der Waals surface area contributed by atoms with E-state index in [0.29, 0.717) is 0 Å². The Balaban J connectivity index is 1.31. The molecule has 2 aliphatic rings. The quantitative estimate of drug-likeness (QED) is 0.798. The predicted octanol–water partition coefficient (Wildman–Crippen LogP) is 4.09. The molecule has 144 valence electrons. The molecular formula is C23H30N2O2. The van der Waals surface area contributed by atoms with Gasteiger partial charge in [0.15, 0.2) is 0 Å². The van der Waals surface area contributed by atoms with Gasteiger partial charge in [0, 0.05) is 38.6 Å². The molecule has 0 radical (unpaired) electrons. The van der Waals surface area contributed by atoms with Gasteiger partial charge in [-0.05, 0) is 73.4 Å². The van der Waals surface area contributed by atoms with E-state index in [4.69, 9.17) is 9.47 Å². The Morgan fingerprint density at radius 1 is 1.07 bits per heavy atom. The maximum Gasteiger partial charge on any atom is 0.118 e. The Kier molecular flexibility index (Phi) is 5.74. The Hall–Kier alpha value is -1.91. The normalized spacial score (nSPS) is 22.6. The van der Waals surface area contributed by atoms with Crippen LogP contribution in [0, 0.1) is 5.92 Å². The number of hydrogen-bond donors (Lipinski definition) is 0. The van der Waals surface area contributed by atoms with Crippen LogP contribution in [0.25, 0.3) is 0 Å². The molecule has 27 heavy (non-hydrogen) atoms. The molecule has 1 atom stereocenters. The van der Waals surface area contributed by atoms with E-state index in [1.807, 2.05) is 12.4 Å². The molecule has 4 nitrogen and oxygen atoms in total. The van der Waals surface area contributed by atoms with Crippen LogP contribution in [0.4, 0.5) is 0 Å². The maximum absolute atomic E-state index is 6.35. The zero-order chi connectivity index (χ0) is 18.5. The van der Waals surface area contributed by atoms with Gasteiger partial charge in [-0.25, -0.2) is 0 Å². The van der Waals surface area contributed by atoms with Crippen molar-refractivity contribution in [2.45, 2.75) is 44.2 Å². The molecule has 0 aliphatic carbocycles. The molecule has 1 aromatic carbocycles. The monoisotopic (exact) mass is 366 g/mol. The number of ether oxygens (including phenoxy) is 2. The minimum absolute atomic E-state index is 0.101. The van der Waals surface area contributed by atoms with Gasteiger partial charge in [-0.2, -0.15) is 0 Å². The average Bonchev–Trinajstić information content (AvgIpc) is 2.72. The van der Waals surface area contributed by atoms with Crippen LogP contribution in [0.1, 0.15) is 36.8 Å². The molecule has 1 spiro atoms. The third-order valence-electron chi connectivity index (χ3n) is 6.20. The van der Waals surface area contributed by atoms with Gasteiger partial charge < -0.3 is 9.47 Å². The number of hydrogen-bond acceptors (Lipinski definition) is 4. The van der Waals surface area contributed by atoms with Crippen LogP contribution in [0.15, 0.2) is 48.8 Å². The highest BCUT2D eigenvalue weighted by Crippen LogP contribution is 2.39. The van der Waals surface area contributed by atoms with Crippen LogP contribution < -0.4 is 4.74 Å². The summed E-state index contributed by atoms with van der Waals surface area (Å²) >= 11 is 0. The van der Waals surface area contributed by atoms with Crippen LogP contribution >= 0.6 is 0 Å². The van der Waals surface area contributed by atoms with Crippen molar-refractivity contribution in [3.63, 3.8) is 0 Å². The first kappa shape index (κ1) is 18.5. The van der Waals surface area contributed by atoms with Crippen molar-refractivity contribution >= 4 is 0 Å². The Morgan fingerprint density at radius 2 is 1.81 bits per heavy atom. The lowest BCUT2D eigenvalue weighted by Gasteiger charge is -2.46. The molecule has 3 heterocycles. The minimum Gasteiger partial charge on any atom is -0.497 e. The summed E-state index contributed by atoms with van der Waals surface area (Å²) in [6.07, 6.45) is 9.59. The SMILES string of the molecule is COc1ccc(CC2CCOC3(CCN(Cc4ccncc4)CC3)C2)cc1. The van der Waals surface area contributed by atoms with Gasteiger partial charge in [-0.1, -0.05) is 12.1 Å². The Bertz CT molecular complexity index is 709. The molecule has 0 N–H and O–H groups in total.